The number of aromatic nitrogens is 1. The monoisotopic (exact) mass is 402 g/mol. The molecule has 4 rings (SSSR count). The van der Waals surface area contributed by atoms with Crippen molar-refractivity contribution in [1.82, 2.24) is 9.88 Å². The van der Waals surface area contributed by atoms with E-state index >= 15 is 0 Å². The SMILES string of the molecule is C#CC1CCN(Cc2c(OC)cc(C)c3[nH]ccc23)C(c2ccc(C(=O)O)cc2)C1. The normalized spacial score (nSPS) is 19.5. The van der Waals surface area contributed by atoms with Gasteiger partial charge >= 0.3 is 5.97 Å². The second-order valence-electron chi connectivity index (χ2n) is 7.94. The van der Waals surface area contributed by atoms with Gasteiger partial charge in [-0.1, -0.05) is 12.1 Å². The summed E-state index contributed by atoms with van der Waals surface area (Å²) < 4.78 is 5.73. The maximum Gasteiger partial charge on any atom is 0.335 e. The number of rotatable bonds is 5. The van der Waals surface area contributed by atoms with E-state index in [1.54, 1.807) is 19.2 Å². The summed E-state index contributed by atoms with van der Waals surface area (Å²) in [4.78, 5) is 17.0. The number of ether oxygens (including phenoxy) is 1. The van der Waals surface area contributed by atoms with E-state index in [9.17, 15) is 9.90 Å². The van der Waals surface area contributed by atoms with Gasteiger partial charge in [0.1, 0.15) is 5.75 Å². The van der Waals surface area contributed by atoms with Crippen LogP contribution in [0.1, 0.15) is 45.9 Å². The van der Waals surface area contributed by atoms with Crippen LogP contribution in [0.25, 0.3) is 10.9 Å². The number of aromatic amines is 1. The lowest BCUT2D eigenvalue weighted by Gasteiger charge is -2.39. The van der Waals surface area contributed by atoms with Gasteiger partial charge in [0, 0.05) is 47.7 Å². The molecule has 1 aliphatic rings. The van der Waals surface area contributed by atoms with Crippen LogP contribution in [0, 0.1) is 25.2 Å². The van der Waals surface area contributed by atoms with Crippen LogP contribution >= 0.6 is 0 Å². The molecular formula is C25H26N2O3. The predicted molar refractivity (Wildman–Crippen MR) is 118 cm³/mol. The first-order valence-electron chi connectivity index (χ1n) is 10.2. The minimum Gasteiger partial charge on any atom is -0.496 e. The van der Waals surface area contributed by atoms with Gasteiger partial charge in [-0.3, -0.25) is 4.90 Å². The van der Waals surface area contributed by atoms with E-state index in [1.165, 1.54) is 5.39 Å². The van der Waals surface area contributed by atoms with Crippen molar-refractivity contribution in [3.63, 3.8) is 0 Å². The second-order valence-corrected chi connectivity index (χ2v) is 7.94. The van der Waals surface area contributed by atoms with Gasteiger partial charge < -0.3 is 14.8 Å². The maximum atomic E-state index is 11.2. The molecule has 0 bridgehead atoms. The third kappa shape index (κ3) is 3.67. The van der Waals surface area contributed by atoms with E-state index in [-0.39, 0.29) is 12.0 Å². The topological polar surface area (TPSA) is 65.6 Å². The van der Waals surface area contributed by atoms with Crippen molar-refractivity contribution in [3.8, 4) is 18.1 Å². The van der Waals surface area contributed by atoms with Gasteiger partial charge in [0.2, 0.25) is 0 Å². The Balaban J connectivity index is 1.71. The molecule has 5 nitrogen and oxygen atoms in total. The zero-order valence-corrected chi connectivity index (χ0v) is 17.3. The number of hydrogen-bond acceptors (Lipinski definition) is 3. The van der Waals surface area contributed by atoms with Crippen molar-refractivity contribution < 1.29 is 14.6 Å². The smallest absolute Gasteiger partial charge is 0.335 e. The lowest BCUT2D eigenvalue weighted by atomic mass is 9.86. The van der Waals surface area contributed by atoms with Gasteiger partial charge in [0.15, 0.2) is 0 Å². The van der Waals surface area contributed by atoms with Crippen molar-refractivity contribution >= 4 is 16.9 Å². The molecule has 154 valence electrons. The summed E-state index contributed by atoms with van der Waals surface area (Å²) in [5.41, 5.74) is 4.83. The second kappa shape index (κ2) is 8.25. The summed E-state index contributed by atoms with van der Waals surface area (Å²) in [6, 6.07) is 11.5. The quantitative estimate of drug-likeness (QED) is 0.604. The number of nitrogens with zero attached hydrogens (tertiary/aromatic N) is 1. The fraction of sp³-hybridized carbons (Fsp3) is 0.320. The fourth-order valence-electron chi connectivity index (χ4n) is 4.53. The van der Waals surface area contributed by atoms with Crippen molar-refractivity contribution in [1.29, 1.82) is 0 Å². The molecule has 0 spiro atoms. The molecule has 0 saturated carbocycles. The highest BCUT2D eigenvalue weighted by atomic mass is 16.5. The number of likely N-dealkylation sites (tertiary alicyclic amines) is 1. The number of piperidine rings is 1. The molecule has 30 heavy (non-hydrogen) atoms. The standard InChI is InChI=1S/C25H26N2O3/c1-4-17-10-12-27(22(14-17)18-5-7-19(8-6-18)25(28)29)15-21-20-9-11-26-24(20)16(2)13-23(21)30-3/h1,5-9,11,13,17,22,26H,10,12,14-15H2,2-3H3,(H,28,29). The van der Waals surface area contributed by atoms with E-state index in [0.29, 0.717) is 5.56 Å². The third-order valence-corrected chi connectivity index (χ3v) is 6.18. The van der Waals surface area contributed by atoms with Gasteiger partial charge in [-0.25, -0.2) is 4.79 Å². The van der Waals surface area contributed by atoms with Crippen molar-refractivity contribution in [2.75, 3.05) is 13.7 Å². The Kier molecular flexibility index (Phi) is 5.52. The number of methoxy groups -OCH3 is 1. The minimum atomic E-state index is -0.914. The summed E-state index contributed by atoms with van der Waals surface area (Å²) in [7, 11) is 1.71. The molecule has 2 unspecified atom stereocenters. The molecule has 1 saturated heterocycles. The Morgan fingerprint density at radius 3 is 2.77 bits per heavy atom. The molecule has 0 amide bonds. The van der Waals surface area contributed by atoms with E-state index in [4.69, 9.17) is 11.2 Å². The van der Waals surface area contributed by atoms with E-state index in [0.717, 1.165) is 53.9 Å². The number of terminal acetylenes is 1. The molecule has 1 fully saturated rings. The van der Waals surface area contributed by atoms with Crippen molar-refractivity contribution in [3.05, 3.63) is 64.8 Å². The van der Waals surface area contributed by atoms with Crippen LogP contribution in [0.5, 0.6) is 5.75 Å². The summed E-state index contributed by atoms with van der Waals surface area (Å²) in [6.45, 7) is 3.69. The minimum absolute atomic E-state index is 0.127. The first kappa shape index (κ1) is 20.1. The van der Waals surface area contributed by atoms with E-state index in [1.807, 2.05) is 18.3 Å². The molecule has 1 aromatic heterocycles. The van der Waals surface area contributed by atoms with Crippen LogP contribution in [0.2, 0.25) is 0 Å². The van der Waals surface area contributed by atoms with Crippen LogP contribution in [-0.4, -0.2) is 34.6 Å². The summed E-state index contributed by atoms with van der Waals surface area (Å²) in [5, 5.41) is 10.4. The molecule has 0 aliphatic carbocycles. The van der Waals surface area contributed by atoms with Crippen LogP contribution in [-0.2, 0) is 6.54 Å². The molecule has 0 radical (unpaired) electrons. The molecule has 2 N–H and O–H groups in total. The highest BCUT2D eigenvalue weighted by Crippen LogP contribution is 2.38. The molecule has 1 aliphatic heterocycles. The van der Waals surface area contributed by atoms with Crippen molar-refractivity contribution in [2.45, 2.75) is 32.4 Å². The highest BCUT2D eigenvalue weighted by molar-refractivity contribution is 5.88. The van der Waals surface area contributed by atoms with Crippen molar-refractivity contribution in [2.24, 2.45) is 5.92 Å². The molecule has 2 heterocycles. The molecule has 5 heteroatoms. The number of benzene rings is 2. The van der Waals surface area contributed by atoms with Gasteiger partial charge in [-0.2, -0.15) is 0 Å². The summed E-state index contributed by atoms with van der Waals surface area (Å²) in [6.07, 6.45) is 9.53. The number of hydrogen-bond donors (Lipinski definition) is 2. The van der Waals surface area contributed by atoms with Crippen LogP contribution in [0.4, 0.5) is 0 Å². The Morgan fingerprint density at radius 2 is 2.10 bits per heavy atom. The number of H-pyrrole nitrogens is 1. The Bertz CT molecular complexity index is 1110. The third-order valence-electron chi connectivity index (χ3n) is 6.18. The summed E-state index contributed by atoms with van der Waals surface area (Å²) in [5.74, 6) is 3.12. The number of fused-ring (bicyclic) bond motifs is 1. The average Bonchev–Trinajstić information content (AvgIpc) is 3.26. The van der Waals surface area contributed by atoms with Crippen LogP contribution in [0.3, 0.4) is 0 Å². The molecule has 3 aromatic rings. The van der Waals surface area contributed by atoms with E-state index in [2.05, 4.69) is 34.9 Å². The van der Waals surface area contributed by atoms with Gasteiger partial charge in [-0.05, 0) is 55.2 Å². The molecule has 2 aromatic carbocycles. The van der Waals surface area contributed by atoms with Crippen LogP contribution < -0.4 is 4.74 Å². The number of carbonyl (C=O) groups is 1. The Morgan fingerprint density at radius 1 is 1.33 bits per heavy atom. The van der Waals surface area contributed by atoms with E-state index < -0.39 is 5.97 Å². The zero-order chi connectivity index (χ0) is 21.3. The highest BCUT2D eigenvalue weighted by Gasteiger charge is 2.30. The largest absolute Gasteiger partial charge is 0.496 e. The Labute approximate surface area is 176 Å². The Hall–Kier alpha value is -3.23. The molecular weight excluding hydrogens is 376 g/mol. The first-order valence-corrected chi connectivity index (χ1v) is 10.2. The number of nitrogens with one attached hydrogen (secondary N) is 1. The van der Waals surface area contributed by atoms with Crippen LogP contribution in [0.15, 0.2) is 42.6 Å². The first-order chi connectivity index (χ1) is 14.5. The van der Waals surface area contributed by atoms with Gasteiger partial charge in [0.05, 0.1) is 12.7 Å². The predicted octanol–water partition coefficient (Wildman–Crippen LogP) is 4.77. The van der Waals surface area contributed by atoms with Gasteiger partial charge in [-0.15, -0.1) is 12.3 Å². The number of aryl methyl sites for hydroxylation is 1. The van der Waals surface area contributed by atoms with Gasteiger partial charge in [0.25, 0.3) is 0 Å². The fourth-order valence-corrected chi connectivity index (χ4v) is 4.53. The maximum absolute atomic E-state index is 11.2. The number of aromatic carboxylic acids is 1. The lowest BCUT2D eigenvalue weighted by Crippen LogP contribution is -2.36. The zero-order valence-electron chi connectivity index (χ0n) is 17.3. The molecule has 2 atom stereocenters. The lowest BCUT2D eigenvalue weighted by molar-refractivity contribution is 0.0696. The number of carboxylic acid groups (broad SMARTS) is 1. The number of carboxylic acids is 1. The summed E-state index contributed by atoms with van der Waals surface area (Å²) >= 11 is 0. The average molecular weight is 402 g/mol.